The van der Waals surface area contributed by atoms with Gasteiger partial charge in [-0.1, -0.05) is 66.8 Å². The minimum absolute atomic E-state index is 0.820. The van der Waals surface area contributed by atoms with Gasteiger partial charge in [-0.05, 0) is 109 Å². The van der Waals surface area contributed by atoms with Crippen LogP contribution < -0.4 is 19.3 Å². The second-order valence-electron chi connectivity index (χ2n) is 10.1. The Kier molecular flexibility index (Phi) is 8.37. The predicted octanol–water partition coefficient (Wildman–Crippen LogP) is 10.2. The van der Waals surface area contributed by atoms with Crippen LogP contribution >= 0.6 is 0 Å². The maximum absolute atomic E-state index is 5.40. The van der Waals surface area contributed by atoms with Crippen LogP contribution in [-0.2, 0) is 0 Å². The summed E-state index contributed by atoms with van der Waals surface area (Å²) in [5, 5.41) is 0. The lowest BCUT2D eigenvalue weighted by molar-refractivity contribution is 0.414. The first-order valence-corrected chi connectivity index (χ1v) is 14.4. The molecular weight excluding hydrogens is 528 g/mol. The summed E-state index contributed by atoms with van der Waals surface area (Å²) in [5.41, 5.74) is 8.93. The van der Waals surface area contributed by atoms with Crippen molar-refractivity contribution in [1.29, 1.82) is 0 Å². The van der Waals surface area contributed by atoms with Gasteiger partial charge >= 0.3 is 0 Å². The Hall–Kier alpha value is -5.48. The summed E-state index contributed by atoms with van der Waals surface area (Å²) in [6, 6.07) is 46.0. The van der Waals surface area contributed by atoms with Gasteiger partial charge in [0.25, 0.3) is 0 Å². The number of anilines is 5. The molecule has 0 spiro atoms. The molecule has 6 rings (SSSR count). The van der Waals surface area contributed by atoms with E-state index in [1.807, 2.05) is 36.4 Å². The molecule has 212 valence electrons. The molecule has 4 nitrogen and oxygen atoms in total. The van der Waals surface area contributed by atoms with Gasteiger partial charge in [0, 0.05) is 34.1 Å². The quantitative estimate of drug-likeness (QED) is 0.178. The summed E-state index contributed by atoms with van der Waals surface area (Å²) in [4.78, 5) is 4.54. The Morgan fingerprint density at radius 2 is 0.884 bits per heavy atom. The van der Waals surface area contributed by atoms with Crippen molar-refractivity contribution in [3.05, 3.63) is 169 Å². The molecule has 0 fully saturated rings. The van der Waals surface area contributed by atoms with E-state index in [2.05, 4.69) is 131 Å². The number of hydrogen-bond acceptors (Lipinski definition) is 4. The molecule has 1 aliphatic carbocycles. The zero-order valence-corrected chi connectivity index (χ0v) is 24.4. The van der Waals surface area contributed by atoms with Crippen LogP contribution in [0.4, 0.5) is 28.4 Å². The van der Waals surface area contributed by atoms with Crippen LogP contribution in [0.1, 0.15) is 12.0 Å². The summed E-state index contributed by atoms with van der Waals surface area (Å²) in [5.74, 6) is 1.68. The number of para-hydroxylation sites is 2. The summed E-state index contributed by atoms with van der Waals surface area (Å²) in [7, 11) is 3.38. The third kappa shape index (κ3) is 6.24. The molecule has 1 aliphatic rings. The molecule has 0 radical (unpaired) electrons. The van der Waals surface area contributed by atoms with E-state index in [1.54, 1.807) is 14.2 Å². The summed E-state index contributed by atoms with van der Waals surface area (Å²) in [6.45, 7) is 0. The van der Waals surface area contributed by atoms with E-state index >= 15 is 0 Å². The first-order chi connectivity index (χ1) is 21.2. The van der Waals surface area contributed by atoms with Gasteiger partial charge in [-0.15, -0.1) is 0 Å². The van der Waals surface area contributed by atoms with E-state index in [9.17, 15) is 0 Å². The van der Waals surface area contributed by atoms with E-state index in [4.69, 9.17) is 9.47 Å². The molecule has 4 heteroatoms. The molecule has 5 aromatic carbocycles. The van der Waals surface area contributed by atoms with E-state index in [-0.39, 0.29) is 0 Å². The highest BCUT2D eigenvalue weighted by molar-refractivity contribution is 5.81. The molecule has 0 saturated carbocycles. The molecule has 0 aliphatic heterocycles. The molecule has 0 atom stereocenters. The lowest BCUT2D eigenvalue weighted by atomic mass is 10.0. The Balaban J connectivity index is 1.28. The van der Waals surface area contributed by atoms with E-state index in [0.717, 1.165) is 52.1 Å². The van der Waals surface area contributed by atoms with Crippen molar-refractivity contribution >= 4 is 34.0 Å². The van der Waals surface area contributed by atoms with Gasteiger partial charge in [-0.25, -0.2) is 0 Å². The Morgan fingerprint density at radius 3 is 1.40 bits per heavy atom. The largest absolute Gasteiger partial charge is 0.497 e. The monoisotopic (exact) mass is 562 g/mol. The summed E-state index contributed by atoms with van der Waals surface area (Å²) < 4.78 is 10.8. The summed E-state index contributed by atoms with van der Waals surface area (Å²) in [6.07, 6.45) is 9.80. The van der Waals surface area contributed by atoms with Crippen molar-refractivity contribution in [2.75, 3.05) is 24.0 Å². The minimum atomic E-state index is 0.820. The molecule has 0 heterocycles. The molecule has 0 N–H and O–H groups in total. The van der Waals surface area contributed by atoms with Gasteiger partial charge in [0.05, 0.1) is 14.2 Å². The van der Waals surface area contributed by atoms with E-state index in [1.165, 1.54) is 11.1 Å². The predicted molar refractivity (Wildman–Crippen MR) is 179 cm³/mol. The Bertz CT molecular complexity index is 1720. The highest BCUT2D eigenvalue weighted by Gasteiger charge is 2.16. The Labute approximate surface area is 254 Å². The number of allylic oxidation sites excluding steroid dienone is 5. The fourth-order valence-electron chi connectivity index (χ4n) is 5.31. The fourth-order valence-corrected chi connectivity index (χ4v) is 5.31. The van der Waals surface area contributed by atoms with Crippen LogP contribution in [0.25, 0.3) is 5.57 Å². The number of nitrogens with zero attached hydrogens (tertiary/aromatic N) is 2. The second kappa shape index (κ2) is 13.0. The lowest BCUT2D eigenvalue weighted by Gasteiger charge is -2.26. The van der Waals surface area contributed by atoms with Crippen LogP contribution in [-0.4, -0.2) is 14.2 Å². The minimum Gasteiger partial charge on any atom is -0.497 e. The first-order valence-electron chi connectivity index (χ1n) is 14.4. The van der Waals surface area contributed by atoms with Crippen molar-refractivity contribution in [2.24, 2.45) is 0 Å². The highest BCUT2D eigenvalue weighted by atomic mass is 16.5. The lowest BCUT2D eigenvalue weighted by Crippen LogP contribution is -2.15. The number of methoxy groups -OCH3 is 2. The highest BCUT2D eigenvalue weighted by Crippen LogP contribution is 2.37. The molecule has 0 unspecified atom stereocenters. The standard InChI is InChI=1S/C39H34N2O2/c1-42-38-26-22-36(23-27-38)40(32-11-5-3-6-12-32)34-15-9-10-30(16-19-34)31-17-20-35(21-18-31)41(33-13-7-4-8-14-33)37-24-28-39(43-2)29-25-37/h3-8,10-29H,9H2,1-2H3. The van der Waals surface area contributed by atoms with Gasteiger partial charge in [-0.2, -0.15) is 0 Å². The fraction of sp³-hybridized carbons (Fsp3) is 0.0769. The van der Waals surface area contributed by atoms with Gasteiger partial charge in [0.2, 0.25) is 0 Å². The van der Waals surface area contributed by atoms with Crippen molar-refractivity contribution in [1.82, 2.24) is 0 Å². The van der Waals surface area contributed by atoms with Crippen LogP contribution in [0, 0.1) is 0 Å². The molecule has 5 aromatic rings. The SMILES string of the molecule is COc1ccc(N(C2=CCC=C(c3ccc(N(c4ccccc4)c4ccc(OC)cc4)cc3)C=C2)c2ccccc2)cc1. The average Bonchev–Trinajstić information content (AvgIpc) is 3.33. The number of rotatable bonds is 9. The third-order valence-corrected chi connectivity index (χ3v) is 7.51. The van der Waals surface area contributed by atoms with Crippen LogP contribution in [0.2, 0.25) is 0 Å². The van der Waals surface area contributed by atoms with Gasteiger partial charge in [0.15, 0.2) is 0 Å². The van der Waals surface area contributed by atoms with Crippen molar-refractivity contribution < 1.29 is 9.47 Å². The number of ether oxygens (including phenoxy) is 2. The average molecular weight is 563 g/mol. The normalized spacial score (nSPS) is 12.5. The Morgan fingerprint density at radius 1 is 0.442 bits per heavy atom. The number of benzene rings is 5. The van der Waals surface area contributed by atoms with Crippen molar-refractivity contribution in [3.63, 3.8) is 0 Å². The third-order valence-electron chi connectivity index (χ3n) is 7.51. The maximum atomic E-state index is 5.40. The van der Waals surface area contributed by atoms with Crippen molar-refractivity contribution in [3.8, 4) is 11.5 Å². The molecule has 0 amide bonds. The maximum Gasteiger partial charge on any atom is 0.119 e. The molecule has 0 aromatic heterocycles. The zero-order chi connectivity index (χ0) is 29.4. The molecular formula is C39H34N2O2. The van der Waals surface area contributed by atoms with Crippen molar-refractivity contribution in [2.45, 2.75) is 6.42 Å². The van der Waals surface area contributed by atoms with Gasteiger partial charge in [-0.3, -0.25) is 0 Å². The molecule has 0 bridgehead atoms. The first kappa shape index (κ1) is 27.7. The van der Waals surface area contributed by atoms with E-state index in [0.29, 0.717) is 0 Å². The zero-order valence-electron chi connectivity index (χ0n) is 24.4. The topological polar surface area (TPSA) is 24.9 Å². The van der Waals surface area contributed by atoms with Crippen LogP contribution in [0.3, 0.4) is 0 Å². The second-order valence-corrected chi connectivity index (χ2v) is 10.1. The van der Waals surface area contributed by atoms with Crippen LogP contribution in [0.5, 0.6) is 11.5 Å². The van der Waals surface area contributed by atoms with Crippen LogP contribution in [0.15, 0.2) is 163 Å². The van der Waals surface area contributed by atoms with E-state index < -0.39 is 0 Å². The van der Waals surface area contributed by atoms with Gasteiger partial charge in [0.1, 0.15) is 11.5 Å². The summed E-state index contributed by atoms with van der Waals surface area (Å²) >= 11 is 0. The van der Waals surface area contributed by atoms with Gasteiger partial charge < -0.3 is 19.3 Å². The molecule has 43 heavy (non-hydrogen) atoms. The smallest absolute Gasteiger partial charge is 0.119 e. The number of hydrogen-bond donors (Lipinski definition) is 0. The molecule has 0 saturated heterocycles.